The molecule has 0 spiro atoms. The van der Waals surface area contributed by atoms with Crippen molar-refractivity contribution in [3.05, 3.63) is 82.3 Å². The van der Waals surface area contributed by atoms with Crippen LogP contribution in [0.5, 0.6) is 0 Å². The molecule has 0 aliphatic carbocycles. The summed E-state index contributed by atoms with van der Waals surface area (Å²) in [6.07, 6.45) is 0. The lowest BCUT2D eigenvalue weighted by Gasteiger charge is -2.06. The third kappa shape index (κ3) is 3.27. The zero-order chi connectivity index (χ0) is 13.8. The Labute approximate surface area is 127 Å². The van der Waals surface area contributed by atoms with Crippen LogP contribution in [0.3, 0.4) is 0 Å². The molecule has 0 saturated heterocycles. The van der Waals surface area contributed by atoms with E-state index in [1.807, 2.05) is 12.1 Å². The minimum Gasteiger partial charge on any atom is -0.372 e. The number of fused-ring (bicyclic) bond motifs is 1. The largest absolute Gasteiger partial charge is 0.372 e. The fraction of sp³-hybridized carbons (Fsp3) is 0.111. The van der Waals surface area contributed by atoms with Crippen molar-refractivity contribution in [2.45, 2.75) is 13.2 Å². The van der Waals surface area contributed by atoms with Crippen LogP contribution in [-0.4, -0.2) is 0 Å². The van der Waals surface area contributed by atoms with Crippen LogP contribution in [0.15, 0.2) is 71.2 Å². The van der Waals surface area contributed by atoms with Crippen molar-refractivity contribution in [3.63, 3.8) is 0 Å². The molecule has 0 aliphatic rings. The standard InChI is InChI=1S/C18H15BrO/c19-18-9-6-14(7-10-18)12-20-13-15-5-8-16-3-1-2-4-17(16)11-15/h1-11H,12-13H2. The Bertz CT molecular complexity index is 704. The SMILES string of the molecule is Brc1ccc(COCc2ccc3ccccc3c2)cc1. The average Bonchev–Trinajstić information content (AvgIpc) is 2.49. The normalized spacial score (nSPS) is 10.8. The highest BCUT2D eigenvalue weighted by Crippen LogP contribution is 2.17. The molecule has 0 atom stereocenters. The number of hydrogen-bond donors (Lipinski definition) is 0. The molecule has 0 bridgehead atoms. The Morgan fingerprint density at radius 3 is 2.15 bits per heavy atom. The van der Waals surface area contributed by atoms with Gasteiger partial charge in [-0.05, 0) is 40.1 Å². The number of ether oxygens (including phenoxy) is 1. The van der Waals surface area contributed by atoms with Gasteiger partial charge in [0, 0.05) is 4.47 Å². The summed E-state index contributed by atoms with van der Waals surface area (Å²) in [7, 11) is 0. The number of rotatable bonds is 4. The van der Waals surface area contributed by atoms with Gasteiger partial charge in [0.25, 0.3) is 0 Å². The Kier molecular flexibility index (Phi) is 4.14. The van der Waals surface area contributed by atoms with Gasteiger partial charge in [-0.25, -0.2) is 0 Å². The smallest absolute Gasteiger partial charge is 0.0721 e. The molecule has 0 aliphatic heterocycles. The molecule has 0 fully saturated rings. The van der Waals surface area contributed by atoms with Crippen molar-refractivity contribution in [1.82, 2.24) is 0 Å². The molecule has 0 heterocycles. The van der Waals surface area contributed by atoms with Crippen LogP contribution in [0.2, 0.25) is 0 Å². The third-order valence-corrected chi connectivity index (χ3v) is 3.79. The number of hydrogen-bond acceptors (Lipinski definition) is 1. The van der Waals surface area contributed by atoms with E-state index in [9.17, 15) is 0 Å². The van der Waals surface area contributed by atoms with Gasteiger partial charge in [0.1, 0.15) is 0 Å². The molecule has 0 N–H and O–H groups in total. The Hall–Kier alpha value is -1.64. The van der Waals surface area contributed by atoms with Crippen LogP contribution in [0.25, 0.3) is 10.8 Å². The van der Waals surface area contributed by atoms with Gasteiger partial charge in [-0.1, -0.05) is 64.5 Å². The van der Waals surface area contributed by atoms with Crippen LogP contribution >= 0.6 is 15.9 Å². The molecule has 3 aromatic carbocycles. The maximum Gasteiger partial charge on any atom is 0.0721 e. The van der Waals surface area contributed by atoms with Crippen LogP contribution in [-0.2, 0) is 18.0 Å². The summed E-state index contributed by atoms with van der Waals surface area (Å²) < 4.78 is 6.87. The summed E-state index contributed by atoms with van der Waals surface area (Å²) in [4.78, 5) is 0. The van der Waals surface area contributed by atoms with E-state index in [0.717, 1.165) is 4.47 Å². The highest BCUT2D eigenvalue weighted by atomic mass is 79.9. The first-order valence-electron chi connectivity index (χ1n) is 6.61. The van der Waals surface area contributed by atoms with Crippen molar-refractivity contribution in [2.24, 2.45) is 0 Å². The van der Waals surface area contributed by atoms with Gasteiger partial charge in [0.15, 0.2) is 0 Å². The summed E-state index contributed by atoms with van der Waals surface area (Å²) >= 11 is 3.43. The van der Waals surface area contributed by atoms with E-state index < -0.39 is 0 Å². The molecule has 0 amide bonds. The molecular formula is C18H15BrO. The van der Waals surface area contributed by atoms with E-state index in [2.05, 4.69) is 70.5 Å². The van der Waals surface area contributed by atoms with Crippen LogP contribution < -0.4 is 0 Å². The molecular weight excluding hydrogens is 312 g/mol. The summed E-state index contributed by atoms with van der Waals surface area (Å²) in [6, 6.07) is 23.1. The summed E-state index contributed by atoms with van der Waals surface area (Å²) in [5.41, 5.74) is 2.40. The van der Waals surface area contributed by atoms with Crippen molar-refractivity contribution >= 4 is 26.7 Å². The predicted molar refractivity (Wildman–Crippen MR) is 86.6 cm³/mol. The zero-order valence-electron chi connectivity index (χ0n) is 11.1. The monoisotopic (exact) mass is 326 g/mol. The van der Waals surface area contributed by atoms with Crippen LogP contribution in [0.4, 0.5) is 0 Å². The lowest BCUT2D eigenvalue weighted by molar-refractivity contribution is 0.107. The molecule has 2 heteroatoms. The molecule has 0 saturated carbocycles. The second-order valence-corrected chi connectivity index (χ2v) is 5.72. The summed E-state index contributed by atoms with van der Waals surface area (Å²) in [6.45, 7) is 1.28. The molecule has 20 heavy (non-hydrogen) atoms. The quantitative estimate of drug-likeness (QED) is 0.630. The zero-order valence-corrected chi connectivity index (χ0v) is 12.6. The topological polar surface area (TPSA) is 9.23 Å². The highest BCUT2D eigenvalue weighted by Gasteiger charge is 1.98. The van der Waals surface area contributed by atoms with E-state index in [0.29, 0.717) is 13.2 Å². The van der Waals surface area contributed by atoms with Crippen molar-refractivity contribution in [2.75, 3.05) is 0 Å². The summed E-state index contributed by atoms with van der Waals surface area (Å²) in [5.74, 6) is 0. The lowest BCUT2D eigenvalue weighted by atomic mass is 10.1. The molecule has 3 aromatic rings. The van der Waals surface area contributed by atoms with Gasteiger partial charge >= 0.3 is 0 Å². The maximum absolute atomic E-state index is 5.78. The van der Waals surface area contributed by atoms with Crippen LogP contribution in [0.1, 0.15) is 11.1 Å². The first kappa shape index (κ1) is 13.3. The van der Waals surface area contributed by atoms with Gasteiger partial charge in [-0.3, -0.25) is 0 Å². The van der Waals surface area contributed by atoms with Gasteiger partial charge < -0.3 is 4.74 Å². The van der Waals surface area contributed by atoms with E-state index in [1.54, 1.807) is 0 Å². The number of benzene rings is 3. The first-order valence-corrected chi connectivity index (χ1v) is 7.40. The lowest BCUT2D eigenvalue weighted by Crippen LogP contribution is -1.94. The average molecular weight is 327 g/mol. The van der Waals surface area contributed by atoms with Crippen molar-refractivity contribution in [3.8, 4) is 0 Å². The molecule has 3 rings (SSSR count). The van der Waals surface area contributed by atoms with E-state index in [-0.39, 0.29) is 0 Å². The Morgan fingerprint density at radius 2 is 1.35 bits per heavy atom. The van der Waals surface area contributed by atoms with Gasteiger partial charge in [0.2, 0.25) is 0 Å². The van der Waals surface area contributed by atoms with E-state index in [4.69, 9.17) is 4.74 Å². The van der Waals surface area contributed by atoms with E-state index in [1.165, 1.54) is 21.9 Å². The second-order valence-electron chi connectivity index (χ2n) is 4.80. The van der Waals surface area contributed by atoms with E-state index >= 15 is 0 Å². The Morgan fingerprint density at radius 1 is 0.700 bits per heavy atom. The first-order chi connectivity index (χ1) is 9.81. The molecule has 1 nitrogen and oxygen atoms in total. The minimum atomic E-state index is 0.639. The Balaban J connectivity index is 1.63. The van der Waals surface area contributed by atoms with Gasteiger partial charge in [0.05, 0.1) is 13.2 Å². The molecule has 0 aromatic heterocycles. The summed E-state index contributed by atoms with van der Waals surface area (Å²) in [5, 5.41) is 2.53. The van der Waals surface area contributed by atoms with Crippen molar-refractivity contribution < 1.29 is 4.74 Å². The minimum absolute atomic E-state index is 0.639. The second kappa shape index (κ2) is 6.21. The van der Waals surface area contributed by atoms with Crippen molar-refractivity contribution in [1.29, 1.82) is 0 Å². The molecule has 0 unspecified atom stereocenters. The maximum atomic E-state index is 5.78. The fourth-order valence-electron chi connectivity index (χ4n) is 2.20. The van der Waals surface area contributed by atoms with Crippen LogP contribution in [0, 0.1) is 0 Å². The molecule has 100 valence electrons. The van der Waals surface area contributed by atoms with Gasteiger partial charge in [-0.2, -0.15) is 0 Å². The van der Waals surface area contributed by atoms with Gasteiger partial charge in [-0.15, -0.1) is 0 Å². The number of halogens is 1. The fourth-order valence-corrected chi connectivity index (χ4v) is 2.46. The third-order valence-electron chi connectivity index (χ3n) is 3.26. The predicted octanol–water partition coefficient (Wildman–Crippen LogP) is 5.32. The molecule has 0 radical (unpaired) electrons. The highest BCUT2D eigenvalue weighted by molar-refractivity contribution is 9.10.